The molecule has 0 radical (unpaired) electrons. The summed E-state index contributed by atoms with van der Waals surface area (Å²) in [5.74, 6) is 1.26. The lowest BCUT2D eigenvalue weighted by Gasteiger charge is -2.42. The highest BCUT2D eigenvalue weighted by Crippen LogP contribution is 2.53. The molecule has 0 unspecified atom stereocenters. The number of fused-ring (bicyclic) bond motifs is 1. The highest BCUT2D eigenvalue weighted by molar-refractivity contribution is 4.98. The summed E-state index contributed by atoms with van der Waals surface area (Å²) in [6, 6.07) is 0. The maximum absolute atomic E-state index is 6.11. The van der Waals surface area contributed by atoms with Crippen LogP contribution < -0.4 is 0 Å². The van der Waals surface area contributed by atoms with Gasteiger partial charge in [0.2, 0.25) is 0 Å². The summed E-state index contributed by atoms with van der Waals surface area (Å²) in [6.07, 6.45) is 5.06. The molecule has 1 aliphatic heterocycles. The van der Waals surface area contributed by atoms with Crippen LogP contribution >= 0.6 is 0 Å². The van der Waals surface area contributed by atoms with Crippen LogP contribution in [0.2, 0.25) is 0 Å². The third kappa shape index (κ3) is 2.33. The highest BCUT2D eigenvalue weighted by atomic mass is 16.7. The van der Waals surface area contributed by atoms with Crippen LogP contribution in [0.5, 0.6) is 0 Å². The van der Waals surface area contributed by atoms with Crippen molar-refractivity contribution in [3.05, 3.63) is 0 Å². The van der Waals surface area contributed by atoms with Crippen molar-refractivity contribution in [2.24, 2.45) is 17.3 Å². The van der Waals surface area contributed by atoms with Crippen LogP contribution in [0, 0.1) is 17.3 Å². The van der Waals surface area contributed by atoms with Gasteiger partial charge in [0, 0.05) is 24.9 Å². The largest absolute Gasteiger partial charge is 0.378 e. The molecule has 104 valence electrons. The van der Waals surface area contributed by atoms with E-state index in [2.05, 4.69) is 20.8 Å². The topological polar surface area (TPSA) is 27.7 Å². The number of rotatable bonds is 2. The van der Waals surface area contributed by atoms with Gasteiger partial charge in [-0.1, -0.05) is 13.8 Å². The molecule has 2 aliphatic carbocycles. The molecule has 18 heavy (non-hydrogen) atoms. The van der Waals surface area contributed by atoms with Crippen molar-refractivity contribution in [3.8, 4) is 0 Å². The average Bonchev–Trinajstić information content (AvgIpc) is 2.79. The van der Waals surface area contributed by atoms with Crippen molar-refractivity contribution in [2.45, 2.75) is 58.3 Å². The third-order valence-corrected chi connectivity index (χ3v) is 4.80. The average molecular weight is 254 g/mol. The lowest BCUT2D eigenvalue weighted by atomic mass is 9.94. The Bertz CT molecular complexity index is 287. The van der Waals surface area contributed by atoms with Crippen LogP contribution in [0.25, 0.3) is 0 Å². The van der Waals surface area contributed by atoms with E-state index >= 15 is 0 Å². The summed E-state index contributed by atoms with van der Waals surface area (Å²) in [5.41, 5.74) is 0.177. The van der Waals surface area contributed by atoms with E-state index in [9.17, 15) is 0 Å². The fourth-order valence-electron chi connectivity index (χ4n) is 3.88. The van der Waals surface area contributed by atoms with Crippen LogP contribution in [-0.4, -0.2) is 31.7 Å². The van der Waals surface area contributed by atoms with Crippen molar-refractivity contribution in [1.29, 1.82) is 0 Å². The zero-order chi connectivity index (χ0) is 12.8. The Morgan fingerprint density at radius 2 is 1.61 bits per heavy atom. The van der Waals surface area contributed by atoms with E-state index in [-0.39, 0.29) is 11.2 Å². The molecule has 3 atom stereocenters. The van der Waals surface area contributed by atoms with E-state index < -0.39 is 0 Å². The molecule has 0 amide bonds. The van der Waals surface area contributed by atoms with Crippen molar-refractivity contribution >= 4 is 0 Å². The normalized spacial score (nSPS) is 41.2. The zero-order valence-electron chi connectivity index (χ0n) is 11.9. The standard InChI is InChI=1S/C15H26O3/c1-4-16-13-5-11-7-15(8-12(11)6-13)17-9-14(2,3)10-18-15/h11-13H,4-10H2,1-3H3/t11-,12+,13-. The predicted octanol–water partition coefficient (Wildman–Crippen LogP) is 2.98. The Balaban J connectivity index is 1.58. The Morgan fingerprint density at radius 1 is 1.06 bits per heavy atom. The molecule has 0 aromatic carbocycles. The van der Waals surface area contributed by atoms with Gasteiger partial charge in [0.15, 0.2) is 5.79 Å². The van der Waals surface area contributed by atoms with Gasteiger partial charge in [0.25, 0.3) is 0 Å². The molecule has 3 heteroatoms. The minimum atomic E-state index is -0.248. The van der Waals surface area contributed by atoms with Gasteiger partial charge < -0.3 is 14.2 Å². The lowest BCUT2D eigenvalue weighted by molar-refractivity contribution is -0.297. The van der Waals surface area contributed by atoms with Gasteiger partial charge in [-0.15, -0.1) is 0 Å². The lowest BCUT2D eigenvalue weighted by Crippen LogP contribution is -2.46. The summed E-state index contributed by atoms with van der Waals surface area (Å²) in [4.78, 5) is 0. The van der Waals surface area contributed by atoms with E-state index in [0.29, 0.717) is 6.10 Å². The molecule has 1 heterocycles. The van der Waals surface area contributed by atoms with Crippen LogP contribution in [0.15, 0.2) is 0 Å². The second-order valence-corrected chi connectivity index (χ2v) is 7.13. The van der Waals surface area contributed by atoms with Gasteiger partial charge >= 0.3 is 0 Å². The summed E-state index contributed by atoms with van der Waals surface area (Å²) >= 11 is 0. The molecule has 1 spiro atoms. The molecule has 0 aromatic rings. The molecule has 0 aromatic heterocycles. The smallest absolute Gasteiger partial charge is 0.168 e. The number of ether oxygens (including phenoxy) is 3. The zero-order valence-corrected chi connectivity index (χ0v) is 11.9. The van der Waals surface area contributed by atoms with E-state index in [4.69, 9.17) is 14.2 Å². The van der Waals surface area contributed by atoms with Gasteiger partial charge in [0.05, 0.1) is 19.3 Å². The van der Waals surface area contributed by atoms with E-state index in [0.717, 1.165) is 44.5 Å². The minimum absolute atomic E-state index is 0.177. The molecule has 2 saturated carbocycles. The van der Waals surface area contributed by atoms with Crippen molar-refractivity contribution in [1.82, 2.24) is 0 Å². The molecule has 0 bridgehead atoms. The van der Waals surface area contributed by atoms with Crippen LogP contribution in [0.3, 0.4) is 0 Å². The van der Waals surface area contributed by atoms with Gasteiger partial charge in [-0.3, -0.25) is 0 Å². The molecule has 3 nitrogen and oxygen atoms in total. The molecular weight excluding hydrogens is 228 g/mol. The predicted molar refractivity (Wildman–Crippen MR) is 69.3 cm³/mol. The number of hydrogen-bond donors (Lipinski definition) is 0. The van der Waals surface area contributed by atoms with Crippen LogP contribution in [-0.2, 0) is 14.2 Å². The van der Waals surface area contributed by atoms with E-state index in [1.807, 2.05) is 0 Å². The van der Waals surface area contributed by atoms with Crippen molar-refractivity contribution in [3.63, 3.8) is 0 Å². The van der Waals surface area contributed by atoms with Gasteiger partial charge in [-0.2, -0.15) is 0 Å². The second kappa shape index (κ2) is 4.46. The third-order valence-electron chi connectivity index (χ3n) is 4.80. The summed E-state index contributed by atoms with van der Waals surface area (Å²) < 4.78 is 18.0. The fourth-order valence-corrected chi connectivity index (χ4v) is 3.88. The number of hydrogen-bond acceptors (Lipinski definition) is 3. The molecule has 0 N–H and O–H groups in total. The molecular formula is C15H26O3. The first-order chi connectivity index (χ1) is 8.52. The monoisotopic (exact) mass is 254 g/mol. The Hall–Kier alpha value is -0.120. The molecule has 3 aliphatic rings. The highest BCUT2D eigenvalue weighted by Gasteiger charge is 2.53. The van der Waals surface area contributed by atoms with E-state index in [1.165, 1.54) is 12.8 Å². The first-order valence-electron chi connectivity index (χ1n) is 7.41. The summed E-state index contributed by atoms with van der Waals surface area (Å²) in [5, 5.41) is 0. The molecule has 3 fully saturated rings. The van der Waals surface area contributed by atoms with Gasteiger partial charge in [0.1, 0.15) is 0 Å². The van der Waals surface area contributed by atoms with Crippen LogP contribution in [0.4, 0.5) is 0 Å². The summed E-state index contributed by atoms with van der Waals surface area (Å²) in [7, 11) is 0. The Morgan fingerprint density at radius 3 is 2.11 bits per heavy atom. The van der Waals surface area contributed by atoms with Crippen molar-refractivity contribution < 1.29 is 14.2 Å². The molecule has 1 saturated heterocycles. The van der Waals surface area contributed by atoms with Gasteiger partial charge in [-0.25, -0.2) is 0 Å². The summed E-state index contributed by atoms with van der Waals surface area (Å²) in [6.45, 7) is 9.02. The van der Waals surface area contributed by atoms with E-state index in [1.54, 1.807) is 0 Å². The maximum atomic E-state index is 6.11. The van der Waals surface area contributed by atoms with Crippen molar-refractivity contribution in [2.75, 3.05) is 19.8 Å². The molecule has 3 rings (SSSR count). The Kier molecular flexibility index (Phi) is 3.20. The maximum Gasteiger partial charge on any atom is 0.168 e. The van der Waals surface area contributed by atoms with Crippen LogP contribution in [0.1, 0.15) is 46.5 Å². The minimum Gasteiger partial charge on any atom is -0.378 e. The SMILES string of the molecule is CCO[C@@H]1C[C@@H]2CC3(C[C@@H]2C1)OCC(C)(C)CO3. The first kappa shape index (κ1) is 12.9. The first-order valence-corrected chi connectivity index (χ1v) is 7.41. The quantitative estimate of drug-likeness (QED) is 0.758. The van der Waals surface area contributed by atoms with Gasteiger partial charge in [-0.05, 0) is 31.6 Å². The Labute approximate surface area is 110 Å². The second-order valence-electron chi connectivity index (χ2n) is 7.13. The fraction of sp³-hybridized carbons (Fsp3) is 1.00.